The van der Waals surface area contributed by atoms with Crippen LogP contribution in [0.1, 0.15) is 5.56 Å². The molecule has 0 atom stereocenters. The van der Waals surface area contributed by atoms with Crippen LogP contribution in [0.5, 0.6) is 0 Å². The van der Waals surface area contributed by atoms with E-state index in [4.69, 9.17) is 23.2 Å². The minimum atomic E-state index is -0.0141. The first-order chi connectivity index (χ1) is 10.1. The predicted molar refractivity (Wildman–Crippen MR) is 90.3 cm³/mol. The van der Waals surface area contributed by atoms with Gasteiger partial charge in [0.05, 0.1) is 6.42 Å². The van der Waals surface area contributed by atoms with Crippen LogP contribution in [0.15, 0.2) is 53.4 Å². The summed E-state index contributed by atoms with van der Waals surface area (Å²) in [4.78, 5) is 13.0. The Labute approximate surface area is 138 Å². The van der Waals surface area contributed by atoms with Gasteiger partial charge in [-0.1, -0.05) is 41.4 Å². The maximum Gasteiger partial charge on any atom is 0.224 e. The molecule has 0 bridgehead atoms. The van der Waals surface area contributed by atoms with Crippen LogP contribution in [0, 0.1) is 0 Å². The summed E-state index contributed by atoms with van der Waals surface area (Å²) in [6, 6.07) is 15.1. The summed E-state index contributed by atoms with van der Waals surface area (Å²) in [6.07, 6.45) is 0.311. The number of carbonyl (C=O) groups is 1. The summed E-state index contributed by atoms with van der Waals surface area (Å²) in [7, 11) is 0. The Morgan fingerprint density at radius 3 is 2.48 bits per heavy atom. The Balaban J connectivity index is 1.70. The largest absolute Gasteiger partial charge is 0.355 e. The number of amides is 1. The standard InChI is InChI=1S/C16H15Cl2NOS/c17-13-5-7-14(8-6-13)21-10-9-19-16(20)11-12-3-1-2-4-15(12)18/h1-8H,9-11H2,(H,19,20). The van der Waals surface area contributed by atoms with Gasteiger partial charge in [-0.15, -0.1) is 11.8 Å². The van der Waals surface area contributed by atoms with Crippen molar-refractivity contribution in [2.75, 3.05) is 12.3 Å². The zero-order valence-corrected chi connectivity index (χ0v) is 13.6. The van der Waals surface area contributed by atoms with Gasteiger partial charge in [-0.25, -0.2) is 0 Å². The summed E-state index contributed by atoms with van der Waals surface area (Å²) in [5, 5.41) is 4.25. The molecule has 0 heterocycles. The molecule has 0 aliphatic carbocycles. The maximum atomic E-state index is 11.8. The molecule has 21 heavy (non-hydrogen) atoms. The molecule has 2 aromatic rings. The topological polar surface area (TPSA) is 29.1 Å². The van der Waals surface area contributed by atoms with E-state index in [0.717, 1.165) is 21.2 Å². The van der Waals surface area contributed by atoms with E-state index in [1.807, 2.05) is 42.5 Å². The van der Waals surface area contributed by atoms with Gasteiger partial charge < -0.3 is 5.32 Å². The highest BCUT2D eigenvalue weighted by atomic mass is 35.5. The summed E-state index contributed by atoms with van der Waals surface area (Å²) in [5.41, 5.74) is 0.849. The normalized spacial score (nSPS) is 10.4. The zero-order valence-electron chi connectivity index (χ0n) is 11.3. The van der Waals surface area contributed by atoms with Gasteiger partial charge in [0.25, 0.3) is 0 Å². The van der Waals surface area contributed by atoms with E-state index in [2.05, 4.69) is 5.32 Å². The number of hydrogen-bond acceptors (Lipinski definition) is 2. The fraction of sp³-hybridized carbons (Fsp3) is 0.188. The SMILES string of the molecule is O=C(Cc1ccccc1Cl)NCCSc1ccc(Cl)cc1. The molecular formula is C16H15Cl2NOS. The Morgan fingerprint density at radius 1 is 1.05 bits per heavy atom. The van der Waals surface area contributed by atoms with Crippen molar-refractivity contribution < 1.29 is 4.79 Å². The molecule has 0 fully saturated rings. The molecule has 0 saturated heterocycles. The molecule has 2 aromatic carbocycles. The van der Waals surface area contributed by atoms with Crippen molar-refractivity contribution in [2.45, 2.75) is 11.3 Å². The van der Waals surface area contributed by atoms with Crippen molar-refractivity contribution in [3.05, 3.63) is 64.1 Å². The predicted octanol–water partition coefficient (Wildman–Crippen LogP) is 4.44. The maximum absolute atomic E-state index is 11.8. The third-order valence-corrected chi connectivity index (χ3v) is 4.45. The first kappa shape index (κ1) is 16.2. The second-order valence-corrected chi connectivity index (χ2v) is 6.43. The second kappa shape index (κ2) is 8.32. The van der Waals surface area contributed by atoms with Gasteiger partial charge in [0.2, 0.25) is 5.91 Å². The Bertz CT molecular complexity index is 601. The quantitative estimate of drug-likeness (QED) is 0.622. The Hall–Kier alpha value is -1.16. The number of thioether (sulfide) groups is 1. The van der Waals surface area contributed by atoms with Gasteiger partial charge in [0.1, 0.15) is 0 Å². The van der Waals surface area contributed by atoms with Crippen LogP contribution in [0.2, 0.25) is 10.0 Å². The molecule has 0 aromatic heterocycles. The number of benzene rings is 2. The fourth-order valence-electron chi connectivity index (χ4n) is 1.77. The molecule has 0 spiro atoms. The third kappa shape index (κ3) is 5.62. The lowest BCUT2D eigenvalue weighted by molar-refractivity contribution is -0.120. The second-order valence-electron chi connectivity index (χ2n) is 4.42. The van der Waals surface area contributed by atoms with E-state index in [1.165, 1.54) is 0 Å². The lowest BCUT2D eigenvalue weighted by Gasteiger charge is -2.06. The van der Waals surface area contributed by atoms with Crippen LogP contribution >= 0.6 is 35.0 Å². The van der Waals surface area contributed by atoms with E-state index in [0.29, 0.717) is 18.0 Å². The smallest absolute Gasteiger partial charge is 0.224 e. The molecule has 110 valence electrons. The molecule has 1 amide bonds. The van der Waals surface area contributed by atoms with E-state index < -0.39 is 0 Å². The lowest BCUT2D eigenvalue weighted by Crippen LogP contribution is -2.27. The summed E-state index contributed by atoms with van der Waals surface area (Å²) in [5.74, 6) is 0.801. The van der Waals surface area contributed by atoms with Gasteiger partial charge in [-0.2, -0.15) is 0 Å². The summed E-state index contributed by atoms with van der Waals surface area (Å²) in [6.45, 7) is 0.622. The average Bonchev–Trinajstić information content (AvgIpc) is 2.48. The van der Waals surface area contributed by atoms with Crippen LogP contribution in [0.25, 0.3) is 0 Å². The molecule has 0 saturated carbocycles. The van der Waals surface area contributed by atoms with Gasteiger partial charge in [0.15, 0.2) is 0 Å². The Kier molecular flexibility index (Phi) is 6.43. The molecule has 0 unspecified atom stereocenters. The number of hydrogen-bond donors (Lipinski definition) is 1. The molecule has 2 rings (SSSR count). The monoisotopic (exact) mass is 339 g/mol. The molecule has 0 aliphatic heterocycles. The van der Waals surface area contributed by atoms with Crippen LogP contribution in [0.4, 0.5) is 0 Å². The average molecular weight is 340 g/mol. The van der Waals surface area contributed by atoms with Crippen molar-refractivity contribution in [1.29, 1.82) is 0 Å². The molecular weight excluding hydrogens is 325 g/mol. The Morgan fingerprint density at radius 2 is 1.76 bits per heavy atom. The summed E-state index contributed by atoms with van der Waals surface area (Å²) < 4.78 is 0. The number of nitrogens with one attached hydrogen (secondary N) is 1. The van der Waals surface area contributed by atoms with Crippen molar-refractivity contribution in [3.63, 3.8) is 0 Å². The van der Waals surface area contributed by atoms with Crippen LogP contribution in [0.3, 0.4) is 0 Å². The van der Waals surface area contributed by atoms with E-state index in [-0.39, 0.29) is 5.91 Å². The molecule has 0 radical (unpaired) electrons. The zero-order chi connectivity index (χ0) is 15.1. The van der Waals surface area contributed by atoms with Gasteiger partial charge in [-0.3, -0.25) is 4.79 Å². The van der Waals surface area contributed by atoms with Crippen molar-refractivity contribution in [2.24, 2.45) is 0 Å². The van der Waals surface area contributed by atoms with Crippen molar-refractivity contribution >= 4 is 40.9 Å². The minimum Gasteiger partial charge on any atom is -0.355 e. The van der Waals surface area contributed by atoms with Gasteiger partial charge >= 0.3 is 0 Å². The van der Waals surface area contributed by atoms with Gasteiger partial charge in [0, 0.05) is 27.2 Å². The first-order valence-corrected chi connectivity index (χ1v) is 8.28. The number of rotatable bonds is 6. The van der Waals surface area contributed by atoms with Crippen LogP contribution in [-0.4, -0.2) is 18.2 Å². The molecule has 2 nitrogen and oxygen atoms in total. The van der Waals surface area contributed by atoms with Crippen LogP contribution < -0.4 is 5.32 Å². The first-order valence-electron chi connectivity index (χ1n) is 6.53. The van der Waals surface area contributed by atoms with E-state index >= 15 is 0 Å². The summed E-state index contributed by atoms with van der Waals surface area (Å²) >= 11 is 13.5. The third-order valence-electron chi connectivity index (χ3n) is 2.82. The van der Waals surface area contributed by atoms with Crippen molar-refractivity contribution in [1.82, 2.24) is 5.32 Å². The highest BCUT2D eigenvalue weighted by Crippen LogP contribution is 2.19. The fourth-order valence-corrected chi connectivity index (χ4v) is 2.86. The molecule has 0 aliphatic rings. The van der Waals surface area contributed by atoms with E-state index in [9.17, 15) is 4.79 Å². The number of halogens is 2. The number of carbonyl (C=O) groups excluding carboxylic acids is 1. The van der Waals surface area contributed by atoms with Crippen molar-refractivity contribution in [3.8, 4) is 0 Å². The van der Waals surface area contributed by atoms with E-state index in [1.54, 1.807) is 17.8 Å². The lowest BCUT2D eigenvalue weighted by atomic mass is 10.1. The molecule has 1 N–H and O–H groups in total. The highest BCUT2D eigenvalue weighted by molar-refractivity contribution is 7.99. The van der Waals surface area contributed by atoms with Crippen LogP contribution in [-0.2, 0) is 11.2 Å². The highest BCUT2D eigenvalue weighted by Gasteiger charge is 2.05. The molecule has 5 heteroatoms. The van der Waals surface area contributed by atoms with Gasteiger partial charge in [-0.05, 0) is 35.9 Å². The minimum absolute atomic E-state index is 0.0141.